The third-order valence-corrected chi connectivity index (χ3v) is 5.77. The van der Waals surface area contributed by atoms with Crippen molar-refractivity contribution in [2.75, 3.05) is 6.54 Å². The summed E-state index contributed by atoms with van der Waals surface area (Å²) in [6.45, 7) is 2.57. The third kappa shape index (κ3) is 5.79. The number of guanidine groups is 1. The van der Waals surface area contributed by atoms with Crippen molar-refractivity contribution in [3.8, 4) is 0 Å². The first kappa shape index (κ1) is 18.7. The van der Waals surface area contributed by atoms with Crippen LogP contribution in [-0.4, -0.2) is 27.0 Å². The van der Waals surface area contributed by atoms with Crippen molar-refractivity contribution in [1.82, 2.24) is 10.0 Å². The van der Waals surface area contributed by atoms with Gasteiger partial charge in [-0.25, -0.2) is 18.1 Å². The summed E-state index contributed by atoms with van der Waals surface area (Å²) in [6.07, 6.45) is 7.38. The van der Waals surface area contributed by atoms with Crippen LogP contribution in [0.2, 0.25) is 0 Å². The average Bonchev–Trinajstić information content (AvgIpc) is 2.82. The van der Waals surface area contributed by atoms with Gasteiger partial charge in [-0.05, 0) is 30.5 Å². The summed E-state index contributed by atoms with van der Waals surface area (Å²) in [4.78, 5) is 4.63. The standard InChI is InChI=1S/C17H28N4O2S/c1-2-20-24(22,23)16-11-9-14(10-12-16)13-19-17(18)21-15-7-5-3-4-6-8-15/h9-12,15,20H,2-8,13H2,1H3,(H3,18,19,21). The van der Waals surface area contributed by atoms with Gasteiger partial charge in [-0.2, -0.15) is 0 Å². The van der Waals surface area contributed by atoms with E-state index in [1.165, 1.54) is 25.7 Å². The Labute approximate surface area is 145 Å². The molecule has 1 aromatic carbocycles. The van der Waals surface area contributed by atoms with Crippen LogP contribution in [-0.2, 0) is 16.6 Å². The highest BCUT2D eigenvalue weighted by Crippen LogP contribution is 2.17. The van der Waals surface area contributed by atoms with Gasteiger partial charge in [0.15, 0.2) is 5.96 Å². The van der Waals surface area contributed by atoms with Gasteiger partial charge in [-0.15, -0.1) is 0 Å². The fourth-order valence-electron chi connectivity index (χ4n) is 2.90. The van der Waals surface area contributed by atoms with Crippen molar-refractivity contribution in [2.24, 2.45) is 10.7 Å². The molecule has 1 aromatic rings. The molecule has 1 aliphatic rings. The van der Waals surface area contributed by atoms with Crippen LogP contribution in [0.15, 0.2) is 34.2 Å². The Morgan fingerprint density at radius 1 is 1.17 bits per heavy atom. The zero-order valence-corrected chi connectivity index (χ0v) is 15.1. The average molecular weight is 353 g/mol. The van der Waals surface area contributed by atoms with Crippen molar-refractivity contribution in [1.29, 1.82) is 0 Å². The molecule has 1 saturated carbocycles. The van der Waals surface area contributed by atoms with Gasteiger partial charge < -0.3 is 11.1 Å². The number of nitrogens with zero attached hydrogens (tertiary/aromatic N) is 1. The molecule has 1 fully saturated rings. The van der Waals surface area contributed by atoms with Crippen LogP contribution >= 0.6 is 0 Å². The van der Waals surface area contributed by atoms with Gasteiger partial charge in [0.25, 0.3) is 0 Å². The van der Waals surface area contributed by atoms with Crippen molar-refractivity contribution < 1.29 is 8.42 Å². The number of rotatable bonds is 6. The van der Waals surface area contributed by atoms with Crippen molar-refractivity contribution in [3.63, 3.8) is 0 Å². The lowest BCUT2D eigenvalue weighted by Gasteiger charge is -2.16. The van der Waals surface area contributed by atoms with E-state index in [4.69, 9.17) is 5.73 Å². The summed E-state index contributed by atoms with van der Waals surface area (Å²) in [5, 5.41) is 3.30. The van der Waals surface area contributed by atoms with Crippen LogP contribution in [0.25, 0.3) is 0 Å². The summed E-state index contributed by atoms with van der Waals surface area (Å²) in [5.74, 6) is 0.464. The van der Waals surface area contributed by atoms with Crippen LogP contribution in [0.5, 0.6) is 0 Å². The van der Waals surface area contributed by atoms with Crippen LogP contribution in [0.4, 0.5) is 0 Å². The molecule has 0 spiro atoms. The molecule has 0 amide bonds. The Balaban J connectivity index is 1.91. The molecule has 24 heavy (non-hydrogen) atoms. The van der Waals surface area contributed by atoms with Crippen molar-refractivity contribution in [3.05, 3.63) is 29.8 Å². The first-order valence-corrected chi connectivity index (χ1v) is 10.1. The highest BCUT2D eigenvalue weighted by atomic mass is 32.2. The van der Waals surface area contributed by atoms with E-state index in [0.29, 0.717) is 25.1 Å². The molecular weight excluding hydrogens is 324 g/mol. The fraction of sp³-hybridized carbons (Fsp3) is 0.588. The van der Waals surface area contributed by atoms with Gasteiger partial charge in [0.05, 0.1) is 11.4 Å². The Morgan fingerprint density at radius 3 is 2.38 bits per heavy atom. The number of nitrogens with one attached hydrogen (secondary N) is 2. The molecule has 7 heteroatoms. The van der Waals surface area contributed by atoms with Crippen LogP contribution in [0.3, 0.4) is 0 Å². The molecule has 0 bridgehead atoms. The minimum absolute atomic E-state index is 0.265. The number of hydrogen-bond donors (Lipinski definition) is 3. The molecule has 0 radical (unpaired) electrons. The molecule has 0 saturated heterocycles. The predicted octanol–water partition coefficient (Wildman–Crippen LogP) is 2.11. The summed E-state index contributed by atoms with van der Waals surface area (Å²) in [6, 6.07) is 7.15. The van der Waals surface area contributed by atoms with E-state index in [-0.39, 0.29) is 4.90 Å². The number of aliphatic imine (C=N–C) groups is 1. The van der Waals surface area contributed by atoms with Gasteiger partial charge in [0.2, 0.25) is 10.0 Å². The highest BCUT2D eigenvalue weighted by molar-refractivity contribution is 7.89. The van der Waals surface area contributed by atoms with E-state index >= 15 is 0 Å². The molecule has 0 heterocycles. The van der Waals surface area contributed by atoms with E-state index in [0.717, 1.165) is 18.4 Å². The second kappa shape index (κ2) is 9.03. The third-order valence-electron chi connectivity index (χ3n) is 4.21. The van der Waals surface area contributed by atoms with Gasteiger partial charge in [0, 0.05) is 12.6 Å². The topological polar surface area (TPSA) is 96.6 Å². The Hall–Kier alpha value is -1.60. The van der Waals surface area contributed by atoms with E-state index in [2.05, 4.69) is 15.0 Å². The van der Waals surface area contributed by atoms with Crippen molar-refractivity contribution in [2.45, 2.75) is 62.9 Å². The molecule has 6 nitrogen and oxygen atoms in total. The molecule has 0 unspecified atom stereocenters. The SMILES string of the molecule is CCNS(=O)(=O)c1ccc(CN=C(N)NC2CCCCCC2)cc1. The van der Waals surface area contributed by atoms with Gasteiger partial charge >= 0.3 is 0 Å². The minimum Gasteiger partial charge on any atom is -0.370 e. The maximum atomic E-state index is 11.9. The lowest BCUT2D eigenvalue weighted by atomic mass is 10.1. The number of sulfonamides is 1. The summed E-state index contributed by atoms with van der Waals surface area (Å²) >= 11 is 0. The Kier molecular flexibility index (Phi) is 7.05. The Morgan fingerprint density at radius 2 is 1.79 bits per heavy atom. The van der Waals surface area contributed by atoms with E-state index in [1.807, 2.05) is 0 Å². The molecule has 2 rings (SSSR count). The maximum Gasteiger partial charge on any atom is 0.240 e. The number of nitrogens with two attached hydrogens (primary N) is 1. The quantitative estimate of drug-likeness (QED) is 0.415. The first-order chi connectivity index (χ1) is 11.5. The van der Waals surface area contributed by atoms with Gasteiger partial charge in [-0.3, -0.25) is 0 Å². The molecule has 1 aliphatic carbocycles. The summed E-state index contributed by atoms with van der Waals surface area (Å²) in [7, 11) is -3.40. The Bertz CT molecular complexity index is 633. The molecule has 134 valence electrons. The largest absolute Gasteiger partial charge is 0.370 e. The second-order valence-electron chi connectivity index (χ2n) is 6.18. The van der Waals surface area contributed by atoms with Gasteiger partial charge in [0.1, 0.15) is 0 Å². The van der Waals surface area contributed by atoms with Crippen LogP contribution in [0, 0.1) is 0 Å². The lowest BCUT2D eigenvalue weighted by molar-refractivity contribution is 0.530. The molecular formula is C17H28N4O2S. The number of hydrogen-bond acceptors (Lipinski definition) is 3. The van der Waals surface area contributed by atoms with Gasteiger partial charge in [-0.1, -0.05) is 44.7 Å². The predicted molar refractivity (Wildman–Crippen MR) is 97.3 cm³/mol. The molecule has 4 N–H and O–H groups in total. The monoisotopic (exact) mass is 352 g/mol. The van der Waals surface area contributed by atoms with E-state index in [1.54, 1.807) is 31.2 Å². The maximum absolute atomic E-state index is 11.9. The van der Waals surface area contributed by atoms with Crippen LogP contribution < -0.4 is 15.8 Å². The van der Waals surface area contributed by atoms with Crippen LogP contribution in [0.1, 0.15) is 51.0 Å². The minimum atomic E-state index is -3.40. The number of benzene rings is 1. The lowest BCUT2D eigenvalue weighted by Crippen LogP contribution is -2.39. The second-order valence-corrected chi connectivity index (χ2v) is 7.95. The molecule has 0 atom stereocenters. The van der Waals surface area contributed by atoms with Crippen molar-refractivity contribution >= 4 is 16.0 Å². The highest BCUT2D eigenvalue weighted by Gasteiger charge is 2.13. The fourth-order valence-corrected chi connectivity index (χ4v) is 3.94. The molecule has 0 aromatic heterocycles. The molecule has 0 aliphatic heterocycles. The normalized spacial score (nSPS) is 17.5. The zero-order chi connectivity index (χ0) is 17.4. The summed E-state index contributed by atoms with van der Waals surface area (Å²) < 4.78 is 26.3. The summed E-state index contributed by atoms with van der Waals surface area (Å²) in [5.41, 5.74) is 6.90. The van der Waals surface area contributed by atoms with E-state index < -0.39 is 10.0 Å². The smallest absolute Gasteiger partial charge is 0.240 e. The first-order valence-electron chi connectivity index (χ1n) is 8.66. The zero-order valence-electron chi connectivity index (χ0n) is 14.3. The van der Waals surface area contributed by atoms with E-state index in [9.17, 15) is 8.42 Å².